The highest BCUT2D eigenvalue weighted by Crippen LogP contribution is 2.22. The Balaban J connectivity index is 1.62. The second-order valence-corrected chi connectivity index (χ2v) is 6.75. The number of benzene rings is 3. The molecule has 0 atom stereocenters. The third-order valence-corrected chi connectivity index (χ3v) is 4.33. The van der Waals surface area contributed by atoms with Crippen molar-refractivity contribution in [3.05, 3.63) is 83.4 Å². The number of amides is 2. The lowest BCUT2D eigenvalue weighted by atomic mass is 10.1. The summed E-state index contributed by atoms with van der Waals surface area (Å²) in [5.74, 6) is -1.40. The predicted octanol–water partition coefficient (Wildman–Crippen LogP) is 4.93. The van der Waals surface area contributed by atoms with Gasteiger partial charge in [-0.15, -0.1) is 0 Å². The van der Waals surface area contributed by atoms with Gasteiger partial charge in [0, 0.05) is 22.7 Å². The number of hydrogen-bond acceptors (Lipinski definition) is 3. The molecule has 5 heteroatoms. The van der Waals surface area contributed by atoms with Crippen LogP contribution in [0.25, 0.3) is 0 Å². The Morgan fingerprint density at radius 3 is 1.75 bits per heavy atom. The van der Waals surface area contributed by atoms with E-state index in [0.29, 0.717) is 11.4 Å². The number of rotatable bonds is 4. The average Bonchev–Trinajstić information content (AvgIpc) is 2.67. The van der Waals surface area contributed by atoms with Gasteiger partial charge in [-0.05, 0) is 68.3 Å². The molecule has 28 heavy (non-hydrogen) atoms. The van der Waals surface area contributed by atoms with Crippen LogP contribution in [0.4, 0.5) is 22.7 Å². The van der Waals surface area contributed by atoms with Crippen LogP contribution in [0.5, 0.6) is 0 Å². The summed E-state index contributed by atoms with van der Waals surface area (Å²) < 4.78 is 0. The standard InChI is InChI=1S/C23H23N3O2/c1-15-13-16(2)21(17(3)14-15)26-23(28)22(27)25-20-11-9-19(10-12-20)24-18-7-5-4-6-8-18/h4-14,24H,1-3H3,(H,25,27)(H,26,28). The van der Waals surface area contributed by atoms with Crippen LogP contribution >= 0.6 is 0 Å². The highest BCUT2D eigenvalue weighted by atomic mass is 16.2. The molecular formula is C23H23N3O2. The molecule has 0 bridgehead atoms. The molecular weight excluding hydrogens is 350 g/mol. The summed E-state index contributed by atoms with van der Waals surface area (Å²) in [7, 11) is 0. The van der Waals surface area contributed by atoms with E-state index in [1.54, 1.807) is 12.1 Å². The molecule has 0 fully saturated rings. The summed E-state index contributed by atoms with van der Waals surface area (Å²) in [6.45, 7) is 5.81. The molecule has 3 rings (SSSR count). The first kappa shape index (κ1) is 19.2. The summed E-state index contributed by atoms with van der Waals surface area (Å²) in [6, 6.07) is 20.9. The van der Waals surface area contributed by atoms with E-state index in [4.69, 9.17) is 0 Å². The van der Waals surface area contributed by atoms with E-state index in [1.165, 1.54) is 0 Å². The summed E-state index contributed by atoms with van der Waals surface area (Å²) in [6.07, 6.45) is 0. The lowest BCUT2D eigenvalue weighted by Gasteiger charge is -2.13. The van der Waals surface area contributed by atoms with Gasteiger partial charge in [0.25, 0.3) is 0 Å². The molecule has 0 aromatic heterocycles. The minimum atomic E-state index is -0.705. The van der Waals surface area contributed by atoms with Crippen LogP contribution in [0, 0.1) is 20.8 Å². The minimum absolute atomic E-state index is 0.552. The maximum Gasteiger partial charge on any atom is 0.314 e. The zero-order valence-corrected chi connectivity index (χ0v) is 16.2. The summed E-state index contributed by atoms with van der Waals surface area (Å²) >= 11 is 0. The van der Waals surface area contributed by atoms with E-state index in [0.717, 1.165) is 28.1 Å². The summed E-state index contributed by atoms with van der Waals surface area (Å²) in [5.41, 5.74) is 6.05. The fraction of sp³-hybridized carbons (Fsp3) is 0.130. The van der Waals surface area contributed by atoms with Gasteiger partial charge in [0.1, 0.15) is 0 Å². The Labute approximate surface area is 164 Å². The SMILES string of the molecule is Cc1cc(C)c(NC(=O)C(=O)Nc2ccc(Nc3ccccc3)cc2)c(C)c1. The van der Waals surface area contributed by atoms with Gasteiger partial charge in [0.05, 0.1) is 0 Å². The number of anilines is 4. The van der Waals surface area contributed by atoms with Crippen LogP contribution in [0.1, 0.15) is 16.7 Å². The fourth-order valence-corrected chi connectivity index (χ4v) is 3.06. The van der Waals surface area contributed by atoms with Crippen LogP contribution in [0.15, 0.2) is 66.7 Å². The van der Waals surface area contributed by atoms with E-state index >= 15 is 0 Å². The maximum absolute atomic E-state index is 12.3. The third-order valence-electron chi connectivity index (χ3n) is 4.33. The molecule has 5 nitrogen and oxygen atoms in total. The molecule has 0 radical (unpaired) electrons. The normalized spacial score (nSPS) is 10.2. The van der Waals surface area contributed by atoms with Gasteiger partial charge in [-0.3, -0.25) is 9.59 Å². The highest BCUT2D eigenvalue weighted by Gasteiger charge is 2.16. The monoisotopic (exact) mass is 373 g/mol. The van der Waals surface area contributed by atoms with E-state index in [9.17, 15) is 9.59 Å². The molecule has 0 saturated heterocycles. The van der Waals surface area contributed by atoms with Crippen molar-refractivity contribution in [2.75, 3.05) is 16.0 Å². The van der Waals surface area contributed by atoms with Crippen molar-refractivity contribution in [1.82, 2.24) is 0 Å². The number of nitrogens with one attached hydrogen (secondary N) is 3. The quantitative estimate of drug-likeness (QED) is 0.568. The van der Waals surface area contributed by atoms with Crippen molar-refractivity contribution in [2.45, 2.75) is 20.8 Å². The molecule has 142 valence electrons. The first-order chi connectivity index (χ1) is 13.4. The smallest absolute Gasteiger partial charge is 0.314 e. The van der Waals surface area contributed by atoms with Gasteiger partial charge in [-0.2, -0.15) is 0 Å². The van der Waals surface area contributed by atoms with Gasteiger partial charge in [-0.25, -0.2) is 0 Å². The van der Waals surface area contributed by atoms with Crippen LogP contribution in [-0.4, -0.2) is 11.8 Å². The second-order valence-electron chi connectivity index (χ2n) is 6.75. The summed E-state index contributed by atoms with van der Waals surface area (Å²) in [4.78, 5) is 24.5. The Hall–Kier alpha value is -3.60. The topological polar surface area (TPSA) is 70.2 Å². The van der Waals surface area contributed by atoms with Gasteiger partial charge in [0.2, 0.25) is 0 Å². The molecule has 0 spiro atoms. The molecule has 2 amide bonds. The van der Waals surface area contributed by atoms with Crippen molar-refractivity contribution < 1.29 is 9.59 Å². The lowest BCUT2D eigenvalue weighted by molar-refractivity contribution is -0.133. The van der Waals surface area contributed by atoms with Gasteiger partial charge in [0.15, 0.2) is 0 Å². The Morgan fingerprint density at radius 1 is 0.643 bits per heavy atom. The molecule has 3 aromatic rings. The lowest BCUT2D eigenvalue weighted by Crippen LogP contribution is -2.29. The van der Waals surface area contributed by atoms with Gasteiger partial charge in [-0.1, -0.05) is 35.9 Å². The zero-order valence-electron chi connectivity index (χ0n) is 16.2. The highest BCUT2D eigenvalue weighted by molar-refractivity contribution is 6.43. The van der Waals surface area contributed by atoms with Crippen LogP contribution in [0.2, 0.25) is 0 Å². The zero-order chi connectivity index (χ0) is 20.1. The number of hydrogen-bond donors (Lipinski definition) is 3. The van der Waals surface area contributed by atoms with Gasteiger partial charge < -0.3 is 16.0 Å². The fourth-order valence-electron chi connectivity index (χ4n) is 3.06. The van der Waals surface area contributed by atoms with E-state index in [1.807, 2.05) is 75.4 Å². The number of para-hydroxylation sites is 1. The number of carbonyl (C=O) groups is 2. The minimum Gasteiger partial charge on any atom is -0.356 e. The van der Waals surface area contributed by atoms with Crippen LogP contribution < -0.4 is 16.0 Å². The van der Waals surface area contributed by atoms with Crippen LogP contribution in [-0.2, 0) is 9.59 Å². The number of carbonyl (C=O) groups excluding carboxylic acids is 2. The van der Waals surface area contributed by atoms with E-state index in [-0.39, 0.29) is 0 Å². The first-order valence-electron chi connectivity index (χ1n) is 9.04. The average molecular weight is 373 g/mol. The maximum atomic E-state index is 12.3. The third kappa shape index (κ3) is 4.76. The number of aryl methyl sites for hydroxylation is 3. The molecule has 3 aromatic carbocycles. The van der Waals surface area contributed by atoms with Crippen molar-refractivity contribution >= 4 is 34.6 Å². The molecule has 0 unspecified atom stereocenters. The second kappa shape index (κ2) is 8.39. The molecule has 0 aliphatic carbocycles. The van der Waals surface area contributed by atoms with Crippen molar-refractivity contribution in [3.8, 4) is 0 Å². The van der Waals surface area contributed by atoms with E-state index in [2.05, 4.69) is 16.0 Å². The molecule has 3 N–H and O–H groups in total. The predicted molar refractivity (Wildman–Crippen MR) is 114 cm³/mol. The van der Waals surface area contributed by atoms with Crippen molar-refractivity contribution in [2.24, 2.45) is 0 Å². The van der Waals surface area contributed by atoms with E-state index < -0.39 is 11.8 Å². The largest absolute Gasteiger partial charge is 0.356 e. The molecule has 0 heterocycles. The first-order valence-corrected chi connectivity index (χ1v) is 9.04. The van der Waals surface area contributed by atoms with Crippen molar-refractivity contribution in [3.63, 3.8) is 0 Å². The van der Waals surface area contributed by atoms with Crippen LogP contribution in [0.3, 0.4) is 0 Å². The Kier molecular flexibility index (Phi) is 5.75. The summed E-state index contributed by atoms with van der Waals surface area (Å²) in [5, 5.41) is 8.60. The Bertz CT molecular complexity index is 973. The van der Waals surface area contributed by atoms with Gasteiger partial charge >= 0.3 is 11.8 Å². The van der Waals surface area contributed by atoms with Crippen molar-refractivity contribution in [1.29, 1.82) is 0 Å². The molecule has 0 saturated carbocycles. The Morgan fingerprint density at radius 2 is 1.14 bits per heavy atom. The molecule has 0 aliphatic rings. The molecule has 0 aliphatic heterocycles.